The third-order valence-electron chi connectivity index (χ3n) is 3.03. The Morgan fingerprint density at radius 2 is 2.12 bits per heavy atom. The number of nitrogens with one attached hydrogen (secondary N) is 1. The number of nitrogens with zero attached hydrogens (tertiary/aromatic N) is 2. The van der Waals surface area contributed by atoms with Crippen molar-refractivity contribution in [3.05, 3.63) is 70.5 Å². The van der Waals surface area contributed by atoms with Crippen LogP contribution in [0.15, 0.2) is 54.1 Å². The highest BCUT2D eigenvalue weighted by Crippen LogP contribution is 2.23. The zero-order valence-corrected chi connectivity index (χ0v) is 13.8. The summed E-state index contributed by atoms with van der Waals surface area (Å²) in [5, 5.41) is 4.98. The van der Waals surface area contributed by atoms with Gasteiger partial charge in [0.25, 0.3) is 0 Å². The summed E-state index contributed by atoms with van der Waals surface area (Å²) in [6.45, 7) is 0. The zero-order chi connectivity index (χ0) is 16.9. The van der Waals surface area contributed by atoms with E-state index in [1.54, 1.807) is 12.3 Å². The van der Waals surface area contributed by atoms with Crippen LogP contribution in [0.1, 0.15) is 5.56 Å². The summed E-state index contributed by atoms with van der Waals surface area (Å²) in [7, 11) is 0. The molecular formula is C17H11ClFN3OS. The minimum Gasteiger partial charge on any atom is -0.298 e. The Bertz CT molecular complexity index is 896. The standard InChI is InChI=1S/C17H11ClFN3OS/c18-12-9-11(4-6-13(12)19)5-7-16(23)22-17-21-15(10-24-17)14-3-1-2-8-20-14/h1-10H,(H,21,22,23)/b7-5+. The molecule has 3 rings (SSSR count). The molecule has 0 unspecified atom stereocenters. The number of thiazole rings is 1. The van der Waals surface area contributed by atoms with Crippen LogP contribution in [0.3, 0.4) is 0 Å². The van der Waals surface area contributed by atoms with E-state index in [9.17, 15) is 9.18 Å². The normalized spacial score (nSPS) is 10.9. The molecule has 120 valence electrons. The van der Waals surface area contributed by atoms with E-state index in [0.29, 0.717) is 16.4 Å². The number of carbonyl (C=O) groups excluding carboxylic acids is 1. The number of pyridine rings is 1. The van der Waals surface area contributed by atoms with Crippen LogP contribution in [0.5, 0.6) is 0 Å². The topological polar surface area (TPSA) is 54.9 Å². The number of rotatable bonds is 4. The molecular weight excluding hydrogens is 349 g/mol. The second-order valence-corrected chi connectivity index (χ2v) is 6.01. The minimum absolute atomic E-state index is 0.0116. The highest BCUT2D eigenvalue weighted by molar-refractivity contribution is 7.14. The van der Waals surface area contributed by atoms with Crippen LogP contribution < -0.4 is 5.32 Å². The average Bonchev–Trinajstić information content (AvgIpc) is 3.05. The molecule has 0 aliphatic heterocycles. The lowest BCUT2D eigenvalue weighted by Crippen LogP contribution is -2.07. The number of anilines is 1. The summed E-state index contributed by atoms with van der Waals surface area (Å²) < 4.78 is 13.1. The minimum atomic E-state index is -0.497. The molecule has 1 aromatic carbocycles. The van der Waals surface area contributed by atoms with Crippen LogP contribution in [-0.2, 0) is 4.79 Å². The predicted molar refractivity (Wildman–Crippen MR) is 94.4 cm³/mol. The van der Waals surface area contributed by atoms with Crippen LogP contribution in [0.4, 0.5) is 9.52 Å². The highest BCUT2D eigenvalue weighted by Gasteiger charge is 2.07. The first-order chi connectivity index (χ1) is 11.6. The van der Waals surface area contributed by atoms with Crippen LogP contribution in [0, 0.1) is 5.82 Å². The number of hydrogen-bond donors (Lipinski definition) is 1. The fourth-order valence-electron chi connectivity index (χ4n) is 1.90. The molecule has 7 heteroatoms. The maximum Gasteiger partial charge on any atom is 0.250 e. The molecule has 0 radical (unpaired) electrons. The van der Waals surface area contributed by atoms with E-state index >= 15 is 0 Å². The lowest BCUT2D eigenvalue weighted by molar-refractivity contribution is -0.111. The van der Waals surface area contributed by atoms with Crippen molar-refractivity contribution in [1.29, 1.82) is 0 Å². The van der Waals surface area contributed by atoms with Crippen molar-refractivity contribution < 1.29 is 9.18 Å². The smallest absolute Gasteiger partial charge is 0.250 e. The molecule has 1 N–H and O–H groups in total. The average molecular weight is 360 g/mol. The van der Waals surface area contributed by atoms with Gasteiger partial charge in [0, 0.05) is 17.7 Å². The van der Waals surface area contributed by atoms with Gasteiger partial charge in [0.05, 0.1) is 10.7 Å². The Hall–Kier alpha value is -2.57. The van der Waals surface area contributed by atoms with Gasteiger partial charge in [-0.15, -0.1) is 11.3 Å². The quantitative estimate of drug-likeness (QED) is 0.690. The van der Waals surface area contributed by atoms with E-state index in [1.807, 2.05) is 23.6 Å². The lowest BCUT2D eigenvalue weighted by Gasteiger charge is -1.98. The molecule has 2 heterocycles. The molecule has 4 nitrogen and oxygen atoms in total. The van der Waals surface area contributed by atoms with E-state index in [1.165, 1.54) is 35.6 Å². The Morgan fingerprint density at radius 3 is 2.88 bits per heavy atom. The van der Waals surface area contributed by atoms with Crippen molar-refractivity contribution in [2.45, 2.75) is 0 Å². The number of benzene rings is 1. The van der Waals surface area contributed by atoms with E-state index in [0.717, 1.165) is 5.69 Å². The van der Waals surface area contributed by atoms with E-state index in [2.05, 4.69) is 15.3 Å². The first-order valence-electron chi connectivity index (χ1n) is 6.93. The van der Waals surface area contributed by atoms with Crippen LogP contribution >= 0.6 is 22.9 Å². The first-order valence-corrected chi connectivity index (χ1v) is 8.18. The number of carbonyl (C=O) groups is 1. The molecule has 0 atom stereocenters. The summed E-state index contributed by atoms with van der Waals surface area (Å²) >= 11 is 7.01. The SMILES string of the molecule is O=C(/C=C/c1ccc(F)c(Cl)c1)Nc1nc(-c2ccccn2)cs1. The van der Waals surface area contributed by atoms with Gasteiger partial charge >= 0.3 is 0 Å². The largest absolute Gasteiger partial charge is 0.298 e. The van der Waals surface area contributed by atoms with Gasteiger partial charge < -0.3 is 0 Å². The first kappa shape index (κ1) is 16.3. The van der Waals surface area contributed by atoms with Crippen LogP contribution in [0.2, 0.25) is 5.02 Å². The highest BCUT2D eigenvalue weighted by atomic mass is 35.5. The van der Waals surface area contributed by atoms with E-state index in [-0.39, 0.29) is 10.9 Å². The fourth-order valence-corrected chi connectivity index (χ4v) is 2.79. The van der Waals surface area contributed by atoms with Gasteiger partial charge in [0.15, 0.2) is 5.13 Å². The lowest BCUT2D eigenvalue weighted by atomic mass is 10.2. The molecule has 2 aromatic heterocycles. The van der Waals surface area contributed by atoms with Crippen molar-refractivity contribution >= 4 is 40.1 Å². The molecule has 0 aliphatic rings. The molecule has 0 aliphatic carbocycles. The van der Waals surface area contributed by atoms with Crippen molar-refractivity contribution in [2.75, 3.05) is 5.32 Å². The molecule has 3 aromatic rings. The van der Waals surface area contributed by atoms with Crippen molar-refractivity contribution in [3.8, 4) is 11.4 Å². The number of halogens is 2. The molecule has 1 amide bonds. The summed E-state index contributed by atoms with van der Waals surface area (Å²) in [5.41, 5.74) is 2.07. The molecule has 0 bridgehead atoms. The zero-order valence-electron chi connectivity index (χ0n) is 12.2. The maximum atomic E-state index is 13.1. The van der Waals surface area contributed by atoms with Crippen LogP contribution in [-0.4, -0.2) is 15.9 Å². The van der Waals surface area contributed by atoms with Gasteiger partial charge in [-0.05, 0) is 35.9 Å². The second-order valence-electron chi connectivity index (χ2n) is 4.75. The Labute approximate surface area is 146 Å². The van der Waals surface area contributed by atoms with Gasteiger partial charge in [-0.3, -0.25) is 15.1 Å². The van der Waals surface area contributed by atoms with Crippen molar-refractivity contribution in [3.63, 3.8) is 0 Å². The van der Waals surface area contributed by atoms with Gasteiger partial charge in [-0.2, -0.15) is 0 Å². The number of amides is 1. The second kappa shape index (κ2) is 7.33. The van der Waals surface area contributed by atoms with Crippen molar-refractivity contribution in [2.24, 2.45) is 0 Å². The predicted octanol–water partition coefficient (Wildman–Crippen LogP) is 4.65. The van der Waals surface area contributed by atoms with Crippen molar-refractivity contribution in [1.82, 2.24) is 9.97 Å². The van der Waals surface area contributed by atoms with E-state index < -0.39 is 5.82 Å². The van der Waals surface area contributed by atoms with E-state index in [4.69, 9.17) is 11.6 Å². The summed E-state index contributed by atoms with van der Waals surface area (Å²) in [5.74, 6) is -0.833. The van der Waals surface area contributed by atoms with Gasteiger partial charge in [0.2, 0.25) is 5.91 Å². The van der Waals surface area contributed by atoms with Gasteiger partial charge in [-0.25, -0.2) is 9.37 Å². The Morgan fingerprint density at radius 1 is 1.25 bits per heavy atom. The molecule has 0 saturated heterocycles. The number of aromatic nitrogens is 2. The summed E-state index contributed by atoms with van der Waals surface area (Å²) in [4.78, 5) is 20.5. The van der Waals surface area contributed by atoms with Crippen LogP contribution in [0.25, 0.3) is 17.5 Å². The molecule has 24 heavy (non-hydrogen) atoms. The molecule has 0 fully saturated rings. The fraction of sp³-hybridized carbons (Fsp3) is 0. The Balaban J connectivity index is 1.66. The monoisotopic (exact) mass is 359 g/mol. The van der Waals surface area contributed by atoms with Gasteiger partial charge in [-0.1, -0.05) is 23.7 Å². The third kappa shape index (κ3) is 4.04. The van der Waals surface area contributed by atoms with Gasteiger partial charge in [0.1, 0.15) is 11.5 Å². The third-order valence-corrected chi connectivity index (χ3v) is 4.08. The molecule has 0 saturated carbocycles. The molecule has 0 spiro atoms. The summed E-state index contributed by atoms with van der Waals surface area (Å²) in [6, 6.07) is 9.77. The summed E-state index contributed by atoms with van der Waals surface area (Å²) in [6.07, 6.45) is 4.57. The number of hydrogen-bond acceptors (Lipinski definition) is 4. The maximum absolute atomic E-state index is 13.1. The Kier molecular flexibility index (Phi) is 4.98.